The lowest BCUT2D eigenvalue weighted by Crippen LogP contribution is -2.44. The second-order valence-corrected chi connectivity index (χ2v) is 30.2. The highest BCUT2D eigenvalue weighted by Crippen LogP contribution is 2.28. The van der Waals surface area contributed by atoms with E-state index in [0.29, 0.717) is 0 Å². The first-order chi connectivity index (χ1) is 13.8. The Hall–Kier alpha value is 0.788. The zero-order valence-corrected chi connectivity index (χ0v) is 26.1. The van der Waals surface area contributed by atoms with Crippen LogP contribution >= 0.6 is 0 Å². The van der Waals surface area contributed by atoms with Crippen molar-refractivity contribution in [1.82, 2.24) is 0 Å². The van der Waals surface area contributed by atoms with Crippen molar-refractivity contribution in [3.63, 3.8) is 0 Å². The van der Waals surface area contributed by atoms with Gasteiger partial charge in [-0.2, -0.15) is 0 Å². The molecule has 0 atom stereocenters. The first-order valence-electron chi connectivity index (χ1n) is 13.2. The Morgan fingerprint density at radius 1 is 0.300 bits per heavy atom. The molecule has 0 unspecified atom stereocenters. The highest BCUT2D eigenvalue weighted by atomic mass is 28.4. The van der Waals surface area contributed by atoms with Gasteiger partial charge < -0.3 is 8.23 Å². The van der Waals surface area contributed by atoms with Gasteiger partial charge >= 0.3 is 0 Å². The molecular formula is C24H56O2Si4. The average Bonchev–Trinajstić information content (AvgIpc) is 2.56. The molecule has 30 heavy (non-hydrogen) atoms. The average molecular weight is 489 g/mol. The first kappa shape index (κ1) is 28.8. The van der Waals surface area contributed by atoms with Gasteiger partial charge in [-0.25, -0.2) is 0 Å². The van der Waals surface area contributed by atoms with Gasteiger partial charge in [0.1, 0.15) is 0 Å². The van der Waals surface area contributed by atoms with Crippen LogP contribution in [0.5, 0.6) is 0 Å². The van der Waals surface area contributed by atoms with E-state index in [9.17, 15) is 0 Å². The van der Waals surface area contributed by atoms with E-state index in [4.69, 9.17) is 8.23 Å². The molecule has 0 radical (unpaired) electrons. The fourth-order valence-electron chi connectivity index (χ4n) is 5.32. The van der Waals surface area contributed by atoms with Crippen LogP contribution in [0.3, 0.4) is 0 Å². The molecule has 180 valence electrons. The second-order valence-electron chi connectivity index (χ2n) is 12.5. The van der Waals surface area contributed by atoms with E-state index in [-0.39, 0.29) is 0 Å². The fourth-order valence-corrected chi connectivity index (χ4v) is 23.3. The van der Waals surface area contributed by atoms with Gasteiger partial charge in [-0.15, -0.1) is 0 Å². The first-order valence-corrected chi connectivity index (χ1v) is 25.7. The van der Waals surface area contributed by atoms with E-state index in [1.165, 1.54) is 101 Å². The van der Waals surface area contributed by atoms with Crippen LogP contribution in [0.4, 0.5) is 0 Å². The lowest BCUT2D eigenvalue weighted by molar-refractivity contribution is 0.509. The molecule has 0 amide bonds. The molecule has 0 aromatic rings. The van der Waals surface area contributed by atoms with Gasteiger partial charge in [0.15, 0.2) is 33.3 Å². The maximum atomic E-state index is 6.86. The van der Waals surface area contributed by atoms with Crippen LogP contribution in [0, 0.1) is 0 Å². The van der Waals surface area contributed by atoms with Crippen LogP contribution in [0.25, 0.3) is 0 Å². The van der Waals surface area contributed by atoms with Gasteiger partial charge in [0, 0.05) is 0 Å². The zero-order valence-electron chi connectivity index (χ0n) is 22.1. The molecule has 1 heterocycles. The fraction of sp³-hybridized carbons (Fsp3) is 1.00. The van der Waals surface area contributed by atoms with Crippen LogP contribution in [0.2, 0.25) is 76.6 Å². The third-order valence-corrected chi connectivity index (χ3v) is 21.8. The predicted octanol–water partition coefficient (Wildman–Crippen LogP) is 9.53. The standard InChI is InChI=1S/C24H56O2Si4/c1-27(2)21-17-13-9-10-15-19-23-29(5,6)26-30(7,8)24-20-16-12-11-14-18-22-28(3,4)25-27/h9-24H2,1-8H3. The summed E-state index contributed by atoms with van der Waals surface area (Å²) in [6.07, 6.45) is 16.8. The Morgan fingerprint density at radius 3 is 0.667 bits per heavy atom. The minimum atomic E-state index is -1.48. The minimum Gasteiger partial charge on any atom is -0.455 e. The Labute approximate surface area is 194 Å². The summed E-state index contributed by atoms with van der Waals surface area (Å²) in [5.74, 6) is 0. The van der Waals surface area contributed by atoms with E-state index in [2.05, 4.69) is 52.4 Å². The monoisotopic (exact) mass is 488 g/mol. The van der Waals surface area contributed by atoms with Crippen LogP contribution in [-0.4, -0.2) is 33.3 Å². The van der Waals surface area contributed by atoms with E-state index in [0.717, 1.165) is 0 Å². The summed E-state index contributed by atoms with van der Waals surface area (Å²) in [5.41, 5.74) is 0. The summed E-state index contributed by atoms with van der Waals surface area (Å²) >= 11 is 0. The minimum absolute atomic E-state index is 1.36. The number of hydrogen-bond donors (Lipinski definition) is 0. The highest BCUT2D eigenvalue weighted by Gasteiger charge is 2.33. The lowest BCUT2D eigenvalue weighted by atomic mass is 10.1. The third kappa shape index (κ3) is 14.8. The summed E-state index contributed by atoms with van der Waals surface area (Å²) < 4.78 is 13.7. The summed E-state index contributed by atoms with van der Waals surface area (Å²) in [5, 5.41) is 0. The van der Waals surface area contributed by atoms with Crippen LogP contribution in [-0.2, 0) is 8.23 Å². The van der Waals surface area contributed by atoms with Gasteiger partial charge in [-0.3, -0.25) is 0 Å². The molecule has 0 bridgehead atoms. The molecule has 0 saturated carbocycles. The SMILES string of the molecule is C[Si]1(C)CCCCCCCC[Si](C)(C)O[Si](C)(C)CCCCCCCC[Si](C)(C)O1. The smallest absolute Gasteiger partial charge is 0.173 e. The molecule has 0 aromatic heterocycles. The van der Waals surface area contributed by atoms with Crippen molar-refractivity contribution in [2.75, 3.05) is 0 Å². The van der Waals surface area contributed by atoms with Crippen molar-refractivity contribution in [1.29, 1.82) is 0 Å². The molecule has 1 aliphatic rings. The predicted molar refractivity (Wildman–Crippen MR) is 147 cm³/mol. The van der Waals surface area contributed by atoms with Crippen molar-refractivity contribution in [3.8, 4) is 0 Å². The number of rotatable bonds is 0. The number of hydrogen-bond acceptors (Lipinski definition) is 2. The Bertz CT molecular complexity index is 382. The molecule has 1 aliphatic heterocycles. The van der Waals surface area contributed by atoms with Crippen molar-refractivity contribution in [2.45, 2.75) is 154 Å². The molecule has 2 nitrogen and oxygen atoms in total. The largest absolute Gasteiger partial charge is 0.455 e. The van der Waals surface area contributed by atoms with Gasteiger partial charge in [0.05, 0.1) is 0 Å². The Morgan fingerprint density at radius 2 is 0.467 bits per heavy atom. The lowest BCUT2D eigenvalue weighted by Gasteiger charge is -2.34. The third-order valence-electron chi connectivity index (χ3n) is 6.72. The van der Waals surface area contributed by atoms with Gasteiger partial charge in [-0.1, -0.05) is 77.0 Å². The molecule has 0 N–H and O–H groups in total. The summed E-state index contributed by atoms with van der Waals surface area (Å²) in [4.78, 5) is 0. The maximum absolute atomic E-state index is 6.86. The summed E-state index contributed by atoms with van der Waals surface area (Å²) in [6, 6.07) is 5.43. The Balaban J connectivity index is 2.55. The topological polar surface area (TPSA) is 18.5 Å². The van der Waals surface area contributed by atoms with E-state index >= 15 is 0 Å². The van der Waals surface area contributed by atoms with E-state index in [1.54, 1.807) is 0 Å². The van der Waals surface area contributed by atoms with Crippen LogP contribution < -0.4 is 0 Å². The molecule has 1 fully saturated rings. The van der Waals surface area contributed by atoms with Crippen molar-refractivity contribution < 1.29 is 8.23 Å². The maximum Gasteiger partial charge on any atom is 0.173 e. The molecule has 0 spiro atoms. The molecular weight excluding hydrogens is 433 g/mol. The van der Waals surface area contributed by atoms with Crippen LogP contribution in [0.1, 0.15) is 77.0 Å². The second kappa shape index (κ2) is 13.5. The zero-order chi connectivity index (χ0) is 22.7. The molecule has 0 aromatic carbocycles. The van der Waals surface area contributed by atoms with Gasteiger partial charge in [0.2, 0.25) is 0 Å². The van der Waals surface area contributed by atoms with E-state index < -0.39 is 33.3 Å². The quantitative estimate of drug-likeness (QED) is 0.316. The van der Waals surface area contributed by atoms with Crippen LogP contribution in [0.15, 0.2) is 0 Å². The molecule has 1 saturated heterocycles. The van der Waals surface area contributed by atoms with Gasteiger partial charge in [0.25, 0.3) is 0 Å². The van der Waals surface area contributed by atoms with Crippen molar-refractivity contribution in [3.05, 3.63) is 0 Å². The summed E-state index contributed by atoms with van der Waals surface area (Å²) in [6.45, 7) is 19.8. The van der Waals surface area contributed by atoms with Crippen molar-refractivity contribution >= 4 is 33.3 Å². The Kier molecular flexibility index (Phi) is 13.0. The van der Waals surface area contributed by atoms with Crippen molar-refractivity contribution in [2.24, 2.45) is 0 Å². The van der Waals surface area contributed by atoms with Gasteiger partial charge in [-0.05, 0) is 76.6 Å². The highest BCUT2D eigenvalue weighted by molar-refractivity contribution is 6.85. The molecule has 0 aliphatic carbocycles. The normalized spacial score (nSPS) is 28.0. The molecule has 6 heteroatoms. The summed E-state index contributed by atoms with van der Waals surface area (Å²) in [7, 11) is -5.91. The van der Waals surface area contributed by atoms with E-state index in [1.807, 2.05) is 0 Å². The molecule has 1 rings (SSSR count).